The van der Waals surface area contributed by atoms with Crippen molar-refractivity contribution in [3.63, 3.8) is 0 Å². The van der Waals surface area contributed by atoms with Crippen LogP contribution in [0.1, 0.15) is 72.3 Å². The Balaban J connectivity index is 1.74. The van der Waals surface area contributed by atoms with Crippen molar-refractivity contribution in [2.24, 2.45) is 28.6 Å². The average Bonchev–Trinajstić information content (AvgIpc) is 2.80. The van der Waals surface area contributed by atoms with Crippen LogP contribution in [0, 0.1) is 28.6 Å². The summed E-state index contributed by atoms with van der Waals surface area (Å²) in [5.41, 5.74) is 1.78. The van der Waals surface area contributed by atoms with Crippen LogP contribution >= 0.6 is 0 Å². The molecule has 2 aliphatic carbocycles. The number of hydrogen-bond donors (Lipinski definition) is 1. The molecule has 6 unspecified atom stereocenters. The first-order chi connectivity index (χ1) is 16.5. The fourth-order valence-electron chi connectivity index (χ4n) is 6.77. The number of carbonyl (C=O) groups excluding carboxylic acids is 2. The molecular formula is C30H42O5. The number of hydrogen-bond acceptors (Lipinski definition) is 5. The molecule has 5 nitrogen and oxygen atoms in total. The highest BCUT2D eigenvalue weighted by Gasteiger charge is 2.59. The Bertz CT molecular complexity index is 947. The molecule has 35 heavy (non-hydrogen) atoms. The second-order valence-corrected chi connectivity index (χ2v) is 11.5. The van der Waals surface area contributed by atoms with Gasteiger partial charge in [0.05, 0.1) is 13.2 Å². The molecule has 1 fully saturated rings. The molecular weight excluding hydrogens is 440 g/mol. The van der Waals surface area contributed by atoms with Gasteiger partial charge >= 0.3 is 11.9 Å². The summed E-state index contributed by atoms with van der Waals surface area (Å²) in [6.07, 6.45) is 8.01. The van der Waals surface area contributed by atoms with Crippen molar-refractivity contribution in [2.75, 3.05) is 7.11 Å². The second-order valence-electron chi connectivity index (χ2n) is 11.5. The molecule has 0 aromatic heterocycles. The second kappa shape index (κ2) is 11.1. The van der Waals surface area contributed by atoms with Crippen molar-refractivity contribution >= 4 is 18.0 Å². The van der Waals surface area contributed by atoms with Gasteiger partial charge in [0, 0.05) is 17.9 Å². The Hall–Kier alpha value is -2.40. The molecule has 0 bridgehead atoms. The van der Waals surface area contributed by atoms with E-state index in [1.165, 1.54) is 18.8 Å². The Kier molecular flexibility index (Phi) is 8.63. The molecule has 192 valence electrons. The number of fused-ring (bicyclic) bond motifs is 1. The molecule has 0 spiro atoms. The number of allylic oxidation sites excluding steroid dienone is 2. The molecule has 6 atom stereocenters. The number of esters is 2. The highest BCUT2D eigenvalue weighted by atomic mass is 16.6. The molecule has 0 aliphatic heterocycles. The number of ether oxygens (including phenoxy) is 2. The van der Waals surface area contributed by atoms with E-state index >= 15 is 0 Å². The van der Waals surface area contributed by atoms with Gasteiger partial charge in [0.2, 0.25) is 0 Å². The minimum atomic E-state index is -0.735. The largest absolute Gasteiger partial charge is 0.469 e. The van der Waals surface area contributed by atoms with Crippen molar-refractivity contribution in [3.8, 4) is 0 Å². The Morgan fingerprint density at radius 2 is 1.89 bits per heavy atom. The van der Waals surface area contributed by atoms with E-state index in [1.807, 2.05) is 30.3 Å². The molecule has 0 heterocycles. The van der Waals surface area contributed by atoms with E-state index in [0.717, 1.165) is 24.8 Å². The van der Waals surface area contributed by atoms with Gasteiger partial charge in [0.1, 0.15) is 6.10 Å². The fraction of sp³-hybridized carbons (Fsp3) is 0.600. The molecule has 0 amide bonds. The van der Waals surface area contributed by atoms with Crippen LogP contribution in [-0.4, -0.2) is 36.4 Å². The van der Waals surface area contributed by atoms with Crippen LogP contribution in [0.5, 0.6) is 0 Å². The van der Waals surface area contributed by atoms with Gasteiger partial charge in [-0.05, 0) is 67.4 Å². The molecule has 1 saturated carbocycles. The summed E-state index contributed by atoms with van der Waals surface area (Å²) in [6.45, 7) is 10.8. The van der Waals surface area contributed by atoms with E-state index in [9.17, 15) is 14.7 Å². The molecule has 2 aliphatic rings. The van der Waals surface area contributed by atoms with Crippen molar-refractivity contribution in [1.82, 2.24) is 0 Å². The lowest BCUT2D eigenvalue weighted by molar-refractivity contribution is -0.198. The topological polar surface area (TPSA) is 72.8 Å². The van der Waals surface area contributed by atoms with Crippen LogP contribution in [0.15, 0.2) is 48.1 Å². The third-order valence-corrected chi connectivity index (χ3v) is 8.59. The van der Waals surface area contributed by atoms with Crippen LogP contribution in [0.2, 0.25) is 0 Å². The number of benzene rings is 1. The lowest BCUT2D eigenvalue weighted by Crippen LogP contribution is -2.60. The summed E-state index contributed by atoms with van der Waals surface area (Å²) in [7, 11) is 1.43. The lowest BCUT2D eigenvalue weighted by Gasteiger charge is -2.60. The SMILES string of the molecule is COC(=O)CC(C)CCC1C(C)=CCC2C(C)(C)C(OC(=O)C=Cc3ccccc3)C(O)CC12C. The van der Waals surface area contributed by atoms with Gasteiger partial charge < -0.3 is 14.6 Å². The first kappa shape index (κ1) is 27.2. The Labute approximate surface area is 210 Å². The van der Waals surface area contributed by atoms with Gasteiger partial charge in [-0.3, -0.25) is 4.79 Å². The third kappa shape index (κ3) is 6.06. The van der Waals surface area contributed by atoms with Crippen molar-refractivity contribution < 1.29 is 24.2 Å². The van der Waals surface area contributed by atoms with Gasteiger partial charge in [-0.2, -0.15) is 0 Å². The average molecular weight is 483 g/mol. The predicted molar refractivity (Wildman–Crippen MR) is 138 cm³/mol. The maximum absolute atomic E-state index is 12.7. The maximum Gasteiger partial charge on any atom is 0.331 e. The summed E-state index contributed by atoms with van der Waals surface area (Å²) in [5, 5.41) is 11.3. The highest BCUT2D eigenvalue weighted by Crippen LogP contribution is 2.61. The predicted octanol–water partition coefficient (Wildman–Crippen LogP) is 5.97. The van der Waals surface area contributed by atoms with E-state index in [4.69, 9.17) is 9.47 Å². The molecule has 5 heteroatoms. The van der Waals surface area contributed by atoms with Crippen LogP contribution < -0.4 is 0 Å². The monoisotopic (exact) mass is 482 g/mol. The molecule has 3 rings (SSSR count). The lowest BCUT2D eigenvalue weighted by atomic mass is 9.46. The van der Waals surface area contributed by atoms with Crippen molar-refractivity contribution in [1.29, 1.82) is 0 Å². The smallest absolute Gasteiger partial charge is 0.331 e. The standard InChI is InChI=1S/C30H42O5/c1-20(18-27(33)34-6)12-15-23-21(2)13-16-25-29(3,4)28(24(31)19-30(23,25)5)35-26(32)17-14-22-10-8-7-9-11-22/h7-11,13-14,17,20,23-25,28,31H,12,15-16,18-19H2,1-6H3. The van der Waals surface area contributed by atoms with Crippen LogP contribution in [0.3, 0.4) is 0 Å². The fourth-order valence-corrected chi connectivity index (χ4v) is 6.77. The van der Waals surface area contributed by atoms with Crippen LogP contribution in [0.4, 0.5) is 0 Å². The van der Waals surface area contributed by atoms with Crippen LogP contribution in [-0.2, 0) is 19.1 Å². The number of methoxy groups -OCH3 is 1. The molecule has 1 aromatic carbocycles. The first-order valence-corrected chi connectivity index (χ1v) is 12.8. The summed E-state index contributed by atoms with van der Waals surface area (Å²) in [6, 6.07) is 9.63. The van der Waals surface area contributed by atoms with E-state index < -0.39 is 23.6 Å². The zero-order chi connectivity index (χ0) is 25.8. The quantitative estimate of drug-likeness (QED) is 0.281. The molecule has 1 aromatic rings. The summed E-state index contributed by atoms with van der Waals surface area (Å²) >= 11 is 0. The zero-order valence-corrected chi connectivity index (χ0v) is 22.1. The third-order valence-electron chi connectivity index (χ3n) is 8.59. The first-order valence-electron chi connectivity index (χ1n) is 12.8. The van der Waals surface area contributed by atoms with E-state index in [-0.39, 0.29) is 23.2 Å². The highest BCUT2D eigenvalue weighted by molar-refractivity contribution is 5.87. The number of aliphatic hydroxyl groups excluding tert-OH is 1. The number of rotatable bonds is 8. The minimum Gasteiger partial charge on any atom is -0.469 e. The Morgan fingerprint density at radius 1 is 1.20 bits per heavy atom. The molecule has 0 saturated heterocycles. The van der Waals surface area contributed by atoms with Gasteiger partial charge in [-0.15, -0.1) is 0 Å². The maximum atomic E-state index is 12.7. The van der Waals surface area contributed by atoms with E-state index in [0.29, 0.717) is 18.8 Å². The van der Waals surface area contributed by atoms with Gasteiger partial charge in [-0.1, -0.05) is 69.7 Å². The zero-order valence-electron chi connectivity index (χ0n) is 22.1. The van der Waals surface area contributed by atoms with Crippen molar-refractivity contribution in [2.45, 2.75) is 78.9 Å². The van der Waals surface area contributed by atoms with Crippen LogP contribution in [0.25, 0.3) is 6.08 Å². The van der Waals surface area contributed by atoms with Gasteiger partial charge in [0.15, 0.2) is 0 Å². The van der Waals surface area contributed by atoms with Gasteiger partial charge in [-0.25, -0.2) is 4.79 Å². The molecule has 1 N–H and O–H groups in total. The summed E-state index contributed by atoms with van der Waals surface area (Å²) in [5.74, 6) is 0.220. The summed E-state index contributed by atoms with van der Waals surface area (Å²) < 4.78 is 10.7. The Morgan fingerprint density at radius 3 is 2.54 bits per heavy atom. The minimum absolute atomic E-state index is 0.116. The molecule has 0 radical (unpaired) electrons. The van der Waals surface area contributed by atoms with E-state index in [2.05, 4.69) is 40.7 Å². The number of aliphatic hydroxyl groups is 1. The number of carbonyl (C=O) groups is 2. The normalized spacial score (nSPS) is 30.8. The van der Waals surface area contributed by atoms with Gasteiger partial charge in [0.25, 0.3) is 0 Å². The summed E-state index contributed by atoms with van der Waals surface area (Å²) in [4.78, 5) is 24.4. The van der Waals surface area contributed by atoms with E-state index in [1.54, 1.807) is 6.08 Å². The van der Waals surface area contributed by atoms with Crippen molar-refractivity contribution in [3.05, 3.63) is 53.6 Å².